The van der Waals surface area contributed by atoms with Gasteiger partial charge in [-0.25, -0.2) is 0 Å². The van der Waals surface area contributed by atoms with Crippen LogP contribution < -0.4 is 4.89 Å². The molecule has 0 heterocycles. The molecule has 0 rings (SSSR count). The fourth-order valence-corrected chi connectivity index (χ4v) is 8.57. The van der Waals surface area contributed by atoms with E-state index in [4.69, 9.17) is 18.5 Å². The van der Waals surface area contributed by atoms with Crippen molar-refractivity contribution in [2.75, 3.05) is 47.5 Å². The van der Waals surface area contributed by atoms with Gasteiger partial charge < -0.3 is 27.9 Å². The highest BCUT2D eigenvalue weighted by atomic mass is 31.2. The predicted molar refractivity (Wildman–Crippen MR) is 296 cm³/mol. The third-order valence-electron chi connectivity index (χ3n) is 12.2. The third kappa shape index (κ3) is 54.8. The molecule has 9 nitrogen and oxygen atoms in total. The predicted octanol–water partition coefficient (Wildman–Crippen LogP) is 17.1. The zero-order valence-corrected chi connectivity index (χ0v) is 46.8. The molecule has 70 heavy (non-hydrogen) atoms. The number of esters is 2. The second kappa shape index (κ2) is 51.4. The average molecular weight is 1000 g/mol. The maximum absolute atomic E-state index is 12.8. The van der Waals surface area contributed by atoms with Gasteiger partial charge in [-0.15, -0.1) is 0 Å². The summed E-state index contributed by atoms with van der Waals surface area (Å²) in [6.07, 6.45) is 66.5. The van der Waals surface area contributed by atoms with Crippen LogP contribution >= 0.6 is 7.82 Å². The molecule has 0 saturated carbocycles. The van der Waals surface area contributed by atoms with Crippen molar-refractivity contribution in [1.82, 2.24) is 0 Å². The Bertz CT molecular complexity index is 1410. The van der Waals surface area contributed by atoms with Crippen molar-refractivity contribution in [3.05, 3.63) is 72.9 Å². The fourth-order valence-electron chi connectivity index (χ4n) is 7.84. The number of nitrogens with zero attached hydrogens (tertiary/aromatic N) is 1. The first-order valence-corrected chi connectivity index (χ1v) is 30.1. The molecule has 406 valence electrons. The number of phosphoric ester groups is 1. The van der Waals surface area contributed by atoms with Crippen LogP contribution in [-0.4, -0.2) is 70.0 Å². The highest BCUT2D eigenvalue weighted by Gasteiger charge is 2.21. The minimum atomic E-state index is -4.64. The van der Waals surface area contributed by atoms with Crippen molar-refractivity contribution >= 4 is 19.8 Å². The van der Waals surface area contributed by atoms with E-state index < -0.39 is 26.5 Å². The molecule has 0 saturated heterocycles. The Balaban J connectivity index is 4.22. The lowest BCUT2D eigenvalue weighted by molar-refractivity contribution is -0.870. The number of rotatable bonds is 52. The number of hydrogen-bond acceptors (Lipinski definition) is 8. The van der Waals surface area contributed by atoms with E-state index in [-0.39, 0.29) is 32.0 Å². The smallest absolute Gasteiger partial charge is 0.306 e. The van der Waals surface area contributed by atoms with E-state index in [1.807, 2.05) is 21.1 Å². The zero-order chi connectivity index (χ0) is 51.3. The largest absolute Gasteiger partial charge is 0.756 e. The van der Waals surface area contributed by atoms with Gasteiger partial charge in [0.1, 0.15) is 19.8 Å². The van der Waals surface area contributed by atoms with Crippen LogP contribution in [0.15, 0.2) is 72.9 Å². The van der Waals surface area contributed by atoms with Crippen LogP contribution in [0.3, 0.4) is 0 Å². The van der Waals surface area contributed by atoms with E-state index in [2.05, 4.69) is 86.8 Å². The van der Waals surface area contributed by atoms with Gasteiger partial charge in [0.15, 0.2) is 6.10 Å². The third-order valence-corrected chi connectivity index (χ3v) is 13.2. The second-order valence-electron chi connectivity index (χ2n) is 20.3. The number of ether oxygens (including phenoxy) is 2. The van der Waals surface area contributed by atoms with Crippen molar-refractivity contribution in [3.63, 3.8) is 0 Å². The first-order chi connectivity index (χ1) is 34.0. The van der Waals surface area contributed by atoms with Crippen molar-refractivity contribution < 1.29 is 42.1 Å². The molecule has 10 heteroatoms. The highest BCUT2D eigenvalue weighted by Crippen LogP contribution is 2.38. The average Bonchev–Trinajstić information content (AvgIpc) is 3.32. The van der Waals surface area contributed by atoms with Gasteiger partial charge >= 0.3 is 11.9 Å². The van der Waals surface area contributed by atoms with Crippen LogP contribution in [0.4, 0.5) is 0 Å². The summed E-state index contributed by atoms with van der Waals surface area (Å²) >= 11 is 0. The van der Waals surface area contributed by atoms with Gasteiger partial charge in [-0.05, 0) is 64.2 Å². The van der Waals surface area contributed by atoms with Crippen molar-refractivity contribution in [2.45, 2.75) is 251 Å². The SMILES string of the molecule is CC/C=C\C/C=C\C/C=C\C/C=C\C/C=C\C/C=C\CCCCCCCCC(=O)OC(COC(=O)CCCCCCCCCCCCCCCCCCCCCCC)COP(=O)([O-])OCC[N+](C)(C)C. The minimum absolute atomic E-state index is 0.0360. The number of likely N-dealkylation sites (N-methyl/N-ethyl adjacent to an activating group) is 1. The van der Waals surface area contributed by atoms with Gasteiger partial charge in [-0.3, -0.25) is 14.2 Å². The molecule has 2 atom stereocenters. The van der Waals surface area contributed by atoms with Gasteiger partial charge in [0.25, 0.3) is 7.82 Å². The summed E-state index contributed by atoms with van der Waals surface area (Å²) in [4.78, 5) is 37.9. The standard InChI is InChI=1S/C60H108NO8P/c1-6-8-10-12-14-16-18-20-22-24-26-28-29-30-31-33-35-37-39-41-43-45-47-49-51-53-60(63)69-58(57-68-70(64,65)67-55-54-61(3,4)5)56-66-59(62)52-50-48-46-44-42-40-38-36-34-32-27-25-23-21-19-17-15-13-11-9-7-2/h8,10,14,16,20,22,26,28,30-31,35,37,58H,6-7,9,11-13,15,17-19,21,23-25,27,29,32-34,36,38-57H2,1-5H3/b10-8-,16-14-,22-20-,28-26-,31-30-,37-35-. The highest BCUT2D eigenvalue weighted by molar-refractivity contribution is 7.45. The summed E-state index contributed by atoms with van der Waals surface area (Å²) in [6, 6.07) is 0. The molecule has 0 aromatic carbocycles. The van der Waals surface area contributed by atoms with E-state index >= 15 is 0 Å². The lowest BCUT2D eigenvalue weighted by atomic mass is 10.0. The molecule has 0 aromatic heterocycles. The summed E-state index contributed by atoms with van der Waals surface area (Å²) in [7, 11) is 1.15. The van der Waals surface area contributed by atoms with Gasteiger partial charge in [-0.2, -0.15) is 0 Å². The Morgan fingerprint density at radius 3 is 1.21 bits per heavy atom. The van der Waals surface area contributed by atoms with Crippen LogP contribution in [0.2, 0.25) is 0 Å². The molecule has 0 aliphatic rings. The number of carbonyl (C=O) groups excluding carboxylic acids is 2. The molecule has 0 aliphatic carbocycles. The quantitative estimate of drug-likeness (QED) is 0.0195. The van der Waals surface area contributed by atoms with E-state index in [1.54, 1.807) is 0 Å². The van der Waals surface area contributed by atoms with Crippen LogP contribution in [0.5, 0.6) is 0 Å². The van der Waals surface area contributed by atoms with Crippen LogP contribution in [0.25, 0.3) is 0 Å². The molecule has 0 radical (unpaired) electrons. The Morgan fingerprint density at radius 1 is 0.457 bits per heavy atom. The van der Waals surface area contributed by atoms with Gasteiger partial charge in [0.05, 0.1) is 27.7 Å². The lowest BCUT2D eigenvalue weighted by Crippen LogP contribution is -2.37. The Kier molecular flexibility index (Phi) is 49.5. The maximum Gasteiger partial charge on any atom is 0.306 e. The second-order valence-corrected chi connectivity index (χ2v) is 21.7. The van der Waals surface area contributed by atoms with Gasteiger partial charge in [-0.1, -0.05) is 241 Å². The van der Waals surface area contributed by atoms with Crippen molar-refractivity contribution in [1.29, 1.82) is 0 Å². The van der Waals surface area contributed by atoms with Crippen LogP contribution in [0, 0.1) is 0 Å². The number of hydrogen-bond donors (Lipinski definition) is 0. The first kappa shape index (κ1) is 67.5. The van der Waals surface area contributed by atoms with Crippen LogP contribution in [-0.2, 0) is 32.7 Å². The monoisotopic (exact) mass is 1000 g/mol. The summed E-state index contributed by atoms with van der Waals surface area (Å²) in [6.45, 7) is 4.13. The molecular weight excluding hydrogens is 894 g/mol. The number of allylic oxidation sites excluding steroid dienone is 12. The van der Waals surface area contributed by atoms with Gasteiger partial charge in [0.2, 0.25) is 0 Å². The Hall–Kier alpha value is -2.55. The van der Waals surface area contributed by atoms with Crippen molar-refractivity contribution in [3.8, 4) is 0 Å². The zero-order valence-electron chi connectivity index (χ0n) is 46.0. The molecule has 0 spiro atoms. The molecule has 0 aliphatic heterocycles. The molecule has 0 amide bonds. The number of phosphoric acid groups is 1. The Labute approximate surface area is 431 Å². The summed E-state index contributed by atoms with van der Waals surface area (Å²) in [5.74, 6) is -0.845. The van der Waals surface area contributed by atoms with E-state index in [1.165, 1.54) is 116 Å². The minimum Gasteiger partial charge on any atom is -0.756 e. The summed E-state index contributed by atoms with van der Waals surface area (Å²) in [5, 5.41) is 0. The first-order valence-electron chi connectivity index (χ1n) is 28.6. The molecule has 0 N–H and O–H groups in total. The maximum atomic E-state index is 12.8. The van der Waals surface area contributed by atoms with E-state index in [9.17, 15) is 19.0 Å². The van der Waals surface area contributed by atoms with E-state index in [0.29, 0.717) is 17.4 Å². The number of unbranched alkanes of at least 4 members (excludes halogenated alkanes) is 26. The molecule has 0 fully saturated rings. The lowest BCUT2D eigenvalue weighted by Gasteiger charge is -2.28. The van der Waals surface area contributed by atoms with Gasteiger partial charge in [0, 0.05) is 12.8 Å². The topological polar surface area (TPSA) is 111 Å². The molecule has 0 aromatic rings. The molecule has 0 bridgehead atoms. The number of carbonyl (C=O) groups is 2. The normalized spacial score (nSPS) is 13.9. The van der Waals surface area contributed by atoms with E-state index in [0.717, 1.165) is 96.3 Å². The Morgan fingerprint density at radius 2 is 0.814 bits per heavy atom. The van der Waals surface area contributed by atoms with Crippen LogP contribution in [0.1, 0.15) is 245 Å². The molecule has 2 unspecified atom stereocenters. The fraction of sp³-hybridized carbons (Fsp3) is 0.767. The van der Waals surface area contributed by atoms with Crippen molar-refractivity contribution in [2.24, 2.45) is 0 Å². The molecular formula is C60H108NO8P. The summed E-state index contributed by atoms with van der Waals surface area (Å²) < 4.78 is 34.1. The summed E-state index contributed by atoms with van der Waals surface area (Å²) in [5.41, 5.74) is 0. The number of quaternary nitrogens is 1.